The summed E-state index contributed by atoms with van der Waals surface area (Å²) in [7, 11) is -3.73. The van der Waals surface area contributed by atoms with Gasteiger partial charge in [0.05, 0.1) is 15.9 Å². The van der Waals surface area contributed by atoms with Crippen LogP contribution in [0.25, 0.3) is 0 Å². The van der Waals surface area contributed by atoms with Crippen molar-refractivity contribution in [3.63, 3.8) is 0 Å². The van der Waals surface area contributed by atoms with Crippen LogP contribution in [-0.2, 0) is 10.0 Å². The quantitative estimate of drug-likeness (QED) is 0.583. The fourth-order valence-electron chi connectivity index (χ4n) is 3.82. The second-order valence-corrected chi connectivity index (χ2v) is 9.34. The standard InChI is InChI=1S/C18H27N3O5S/c22-15-7-5-14(6-8-15)19-17-10-9-16(13-18(17)21(23)24)27(25,26)20-11-3-1-2-4-12-20/h9-10,13-15,19,22H,1-8,11-12H2. The lowest BCUT2D eigenvalue weighted by atomic mass is 9.93. The summed E-state index contributed by atoms with van der Waals surface area (Å²) in [6.07, 6.45) is 6.11. The minimum atomic E-state index is -3.73. The predicted molar refractivity (Wildman–Crippen MR) is 102 cm³/mol. The average molecular weight is 397 g/mol. The third-order valence-electron chi connectivity index (χ3n) is 5.43. The average Bonchev–Trinajstić information content (AvgIpc) is 2.93. The highest BCUT2D eigenvalue weighted by Gasteiger charge is 2.29. The van der Waals surface area contributed by atoms with Gasteiger partial charge in [0.1, 0.15) is 5.69 Å². The van der Waals surface area contributed by atoms with Gasteiger partial charge in [0, 0.05) is 25.2 Å². The molecule has 0 radical (unpaired) electrons. The van der Waals surface area contributed by atoms with Crippen molar-refractivity contribution in [3.8, 4) is 0 Å². The first-order chi connectivity index (χ1) is 12.9. The fraction of sp³-hybridized carbons (Fsp3) is 0.667. The Morgan fingerprint density at radius 3 is 2.30 bits per heavy atom. The molecule has 2 N–H and O–H groups in total. The summed E-state index contributed by atoms with van der Waals surface area (Å²) < 4.78 is 27.3. The Morgan fingerprint density at radius 1 is 1.07 bits per heavy atom. The molecule has 8 nitrogen and oxygen atoms in total. The molecule has 1 aromatic rings. The van der Waals surface area contributed by atoms with Gasteiger partial charge in [0.2, 0.25) is 10.0 Å². The van der Waals surface area contributed by atoms with E-state index in [2.05, 4.69) is 5.32 Å². The molecule has 3 rings (SSSR count). The second kappa shape index (κ2) is 8.53. The number of sulfonamides is 1. The van der Waals surface area contributed by atoms with Crippen LogP contribution >= 0.6 is 0 Å². The van der Waals surface area contributed by atoms with Crippen molar-refractivity contribution in [3.05, 3.63) is 28.3 Å². The lowest BCUT2D eigenvalue weighted by molar-refractivity contribution is -0.384. The van der Waals surface area contributed by atoms with Gasteiger partial charge in [0.25, 0.3) is 5.69 Å². The highest BCUT2D eigenvalue weighted by Crippen LogP contribution is 2.32. The first-order valence-electron chi connectivity index (χ1n) is 9.61. The van der Waals surface area contributed by atoms with Gasteiger partial charge in [-0.1, -0.05) is 12.8 Å². The van der Waals surface area contributed by atoms with E-state index >= 15 is 0 Å². The summed E-state index contributed by atoms with van der Waals surface area (Å²) in [5.41, 5.74) is 0.105. The van der Waals surface area contributed by atoms with Gasteiger partial charge < -0.3 is 10.4 Å². The molecule has 150 valence electrons. The Hall–Kier alpha value is -1.71. The molecule has 27 heavy (non-hydrogen) atoms. The predicted octanol–water partition coefficient (Wildman–Crippen LogP) is 2.87. The number of hydrogen-bond donors (Lipinski definition) is 2. The zero-order valence-corrected chi connectivity index (χ0v) is 16.2. The molecule has 1 aromatic carbocycles. The van der Waals surface area contributed by atoms with Crippen molar-refractivity contribution >= 4 is 21.4 Å². The molecular formula is C18H27N3O5S. The van der Waals surface area contributed by atoms with Crippen LogP contribution in [0.3, 0.4) is 0 Å². The summed E-state index contributed by atoms with van der Waals surface area (Å²) in [5.74, 6) is 0. The van der Waals surface area contributed by atoms with Crippen molar-refractivity contribution in [2.45, 2.75) is 68.4 Å². The molecule has 1 saturated carbocycles. The van der Waals surface area contributed by atoms with E-state index in [1.54, 1.807) is 0 Å². The molecule has 0 spiro atoms. The van der Waals surface area contributed by atoms with E-state index in [0.717, 1.165) is 38.5 Å². The third kappa shape index (κ3) is 4.77. The zero-order valence-electron chi connectivity index (χ0n) is 15.3. The molecular weight excluding hydrogens is 370 g/mol. The molecule has 1 saturated heterocycles. The van der Waals surface area contributed by atoms with Crippen molar-refractivity contribution in [2.24, 2.45) is 0 Å². The molecule has 1 aliphatic carbocycles. The van der Waals surface area contributed by atoms with Gasteiger partial charge >= 0.3 is 0 Å². The SMILES string of the molecule is O=[N+]([O-])c1cc(S(=O)(=O)N2CCCCCC2)ccc1NC1CCC(O)CC1. The van der Waals surface area contributed by atoms with Crippen LogP contribution in [0.2, 0.25) is 0 Å². The van der Waals surface area contributed by atoms with E-state index in [9.17, 15) is 23.6 Å². The molecule has 0 unspecified atom stereocenters. The van der Waals surface area contributed by atoms with Gasteiger partial charge in [-0.3, -0.25) is 10.1 Å². The maximum absolute atomic E-state index is 12.9. The molecule has 0 amide bonds. The van der Waals surface area contributed by atoms with Crippen LogP contribution in [0.4, 0.5) is 11.4 Å². The monoisotopic (exact) mass is 397 g/mol. The van der Waals surface area contributed by atoms with E-state index in [1.807, 2.05) is 0 Å². The molecule has 2 aliphatic rings. The number of anilines is 1. The van der Waals surface area contributed by atoms with E-state index in [-0.39, 0.29) is 22.7 Å². The van der Waals surface area contributed by atoms with Crippen molar-refractivity contribution in [1.82, 2.24) is 4.31 Å². The third-order valence-corrected chi connectivity index (χ3v) is 7.32. The number of aliphatic hydroxyl groups is 1. The maximum Gasteiger partial charge on any atom is 0.293 e. The maximum atomic E-state index is 12.9. The number of nitro benzene ring substituents is 1. The number of nitrogens with one attached hydrogen (secondary N) is 1. The Labute approximate surface area is 159 Å². The second-order valence-electron chi connectivity index (χ2n) is 7.40. The van der Waals surface area contributed by atoms with Crippen LogP contribution in [0, 0.1) is 10.1 Å². The van der Waals surface area contributed by atoms with Crippen LogP contribution in [0.5, 0.6) is 0 Å². The molecule has 1 heterocycles. The van der Waals surface area contributed by atoms with Crippen LogP contribution in [0.1, 0.15) is 51.4 Å². The number of hydrogen-bond acceptors (Lipinski definition) is 6. The minimum Gasteiger partial charge on any atom is -0.393 e. The van der Waals surface area contributed by atoms with Crippen molar-refractivity contribution in [2.75, 3.05) is 18.4 Å². The summed E-state index contributed by atoms with van der Waals surface area (Å²) >= 11 is 0. The summed E-state index contributed by atoms with van der Waals surface area (Å²) in [6.45, 7) is 0.918. The minimum absolute atomic E-state index is 0.0271. The number of nitro groups is 1. The van der Waals surface area contributed by atoms with E-state index in [1.165, 1.54) is 22.5 Å². The van der Waals surface area contributed by atoms with Gasteiger partial charge in [-0.05, 0) is 50.7 Å². The Balaban J connectivity index is 1.83. The number of benzene rings is 1. The Morgan fingerprint density at radius 2 is 1.70 bits per heavy atom. The zero-order chi connectivity index (χ0) is 19.4. The summed E-state index contributed by atoms with van der Waals surface area (Å²) in [5, 5.41) is 24.3. The van der Waals surface area contributed by atoms with E-state index in [4.69, 9.17) is 0 Å². The van der Waals surface area contributed by atoms with Gasteiger partial charge in [0.15, 0.2) is 0 Å². The van der Waals surface area contributed by atoms with E-state index in [0.29, 0.717) is 31.6 Å². The first kappa shape index (κ1) is 20.0. The fourth-order valence-corrected chi connectivity index (χ4v) is 5.35. The van der Waals surface area contributed by atoms with Gasteiger partial charge in [-0.15, -0.1) is 0 Å². The smallest absolute Gasteiger partial charge is 0.293 e. The summed E-state index contributed by atoms with van der Waals surface area (Å²) in [6, 6.07) is 4.15. The van der Waals surface area contributed by atoms with Crippen LogP contribution < -0.4 is 5.32 Å². The molecule has 2 fully saturated rings. The molecule has 0 aromatic heterocycles. The van der Waals surface area contributed by atoms with Crippen molar-refractivity contribution in [1.29, 1.82) is 0 Å². The number of aliphatic hydroxyl groups excluding tert-OH is 1. The lowest BCUT2D eigenvalue weighted by Gasteiger charge is -2.27. The lowest BCUT2D eigenvalue weighted by Crippen LogP contribution is -2.32. The number of nitrogens with zero attached hydrogens (tertiary/aromatic N) is 2. The number of rotatable bonds is 5. The Kier molecular flexibility index (Phi) is 6.33. The molecule has 1 aliphatic heterocycles. The molecule has 0 atom stereocenters. The van der Waals surface area contributed by atoms with Crippen LogP contribution in [0.15, 0.2) is 23.1 Å². The molecule has 9 heteroatoms. The van der Waals surface area contributed by atoms with Gasteiger partial charge in [-0.25, -0.2) is 8.42 Å². The highest BCUT2D eigenvalue weighted by molar-refractivity contribution is 7.89. The Bertz CT molecular complexity index is 767. The van der Waals surface area contributed by atoms with Crippen molar-refractivity contribution < 1.29 is 18.4 Å². The van der Waals surface area contributed by atoms with E-state index < -0.39 is 14.9 Å². The molecule has 0 bridgehead atoms. The summed E-state index contributed by atoms with van der Waals surface area (Å²) in [4.78, 5) is 11.0. The highest BCUT2D eigenvalue weighted by atomic mass is 32.2. The largest absolute Gasteiger partial charge is 0.393 e. The van der Waals surface area contributed by atoms with Crippen LogP contribution in [-0.4, -0.2) is 48.0 Å². The normalized spacial score (nSPS) is 24.9. The van der Waals surface area contributed by atoms with Gasteiger partial charge in [-0.2, -0.15) is 4.31 Å². The topological polar surface area (TPSA) is 113 Å². The first-order valence-corrected chi connectivity index (χ1v) is 11.0.